The summed E-state index contributed by atoms with van der Waals surface area (Å²) in [6.45, 7) is 0. The summed E-state index contributed by atoms with van der Waals surface area (Å²) in [5, 5.41) is 0. The van der Waals surface area contributed by atoms with E-state index in [2.05, 4.69) is 60.7 Å². The molecule has 0 amide bonds. The normalized spacial score (nSPS) is 29.1. The van der Waals surface area contributed by atoms with Crippen LogP contribution in [0.4, 0.5) is 0 Å². The molecule has 2 aromatic carbocycles. The summed E-state index contributed by atoms with van der Waals surface area (Å²) >= 11 is 0. The fourth-order valence-electron chi connectivity index (χ4n) is 4.34. The van der Waals surface area contributed by atoms with Crippen LogP contribution in [0.25, 0.3) is 5.57 Å². The zero-order chi connectivity index (χ0) is 16.8. The minimum atomic E-state index is -0.354. The van der Waals surface area contributed by atoms with Crippen LogP contribution in [-0.4, -0.2) is 18.0 Å². The SMILES string of the molecule is O=C1C=C[C@@H]2O[C@H]1C1C(=C(c3ccccc3)c3ccccc3)C=CC12. The Balaban J connectivity index is 1.72. The van der Waals surface area contributed by atoms with E-state index in [1.807, 2.05) is 18.2 Å². The number of hydrogen-bond acceptors (Lipinski definition) is 2. The molecular weight excluding hydrogens is 308 g/mol. The van der Waals surface area contributed by atoms with Crippen LogP contribution in [0.2, 0.25) is 0 Å². The van der Waals surface area contributed by atoms with Gasteiger partial charge in [0.25, 0.3) is 0 Å². The second-order valence-corrected chi connectivity index (χ2v) is 6.81. The average molecular weight is 326 g/mol. The Hall–Kier alpha value is -2.71. The highest BCUT2D eigenvalue weighted by Crippen LogP contribution is 2.49. The fraction of sp³-hybridized carbons (Fsp3) is 0.174. The van der Waals surface area contributed by atoms with E-state index in [9.17, 15) is 4.79 Å². The Morgan fingerprint density at radius 3 is 2.08 bits per heavy atom. The number of ketones is 1. The average Bonchev–Trinajstić information content (AvgIpc) is 3.21. The molecule has 0 spiro atoms. The Morgan fingerprint density at radius 1 is 0.800 bits per heavy atom. The molecule has 0 aromatic heterocycles. The molecule has 1 saturated heterocycles. The smallest absolute Gasteiger partial charge is 0.184 e. The fourth-order valence-corrected chi connectivity index (χ4v) is 4.34. The van der Waals surface area contributed by atoms with Crippen LogP contribution < -0.4 is 0 Å². The number of carbonyl (C=O) groups excluding carboxylic acids is 1. The summed E-state index contributed by atoms with van der Waals surface area (Å²) in [6.07, 6.45) is 7.72. The Morgan fingerprint density at radius 2 is 1.44 bits per heavy atom. The molecular formula is C23H18O2. The lowest BCUT2D eigenvalue weighted by Crippen LogP contribution is -2.28. The number of ether oxygens (including phenoxy) is 1. The van der Waals surface area contributed by atoms with Gasteiger partial charge in [-0.2, -0.15) is 0 Å². The van der Waals surface area contributed by atoms with Crippen LogP contribution in [0.3, 0.4) is 0 Å². The van der Waals surface area contributed by atoms with Crippen LogP contribution in [0.15, 0.2) is 90.5 Å². The second kappa shape index (κ2) is 5.68. The molecule has 2 aliphatic heterocycles. The van der Waals surface area contributed by atoms with Crippen molar-refractivity contribution in [3.63, 3.8) is 0 Å². The third-order valence-corrected chi connectivity index (χ3v) is 5.43. The molecule has 0 radical (unpaired) electrons. The molecule has 2 aromatic rings. The van der Waals surface area contributed by atoms with Gasteiger partial charge in [0.2, 0.25) is 0 Å². The quantitative estimate of drug-likeness (QED) is 0.827. The lowest BCUT2D eigenvalue weighted by Gasteiger charge is -2.21. The lowest BCUT2D eigenvalue weighted by molar-refractivity contribution is -0.126. The standard InChI is InChI=1S/C23H18O2/c24-19-13-14-20-17-11-12-18(22(17)23(19)25-20)21(15-7-3-1-4-8-15)16-9-5-2-6-10-16/h1-14,17,20,22-23H/t17?,20-,22?,23+/m0/s1. The van der Waals surface area contributed by atoms with E-state index >= 15 is 0 Å². The first kappa shape index (κ1) is 14.6. The minimum Gasteiger partial charge on any atom is -0.361 e. The number of allylic oxidation sites excluding steroid dienone is 1. The summed E-state index contributed by atoms with van der Waals surface area (Å²) in [5.74, 6) is 0.443. The zero-order valence-electron chi connectivity index (χ0n) is 13.7. The van der Waals surface area contributed by atoms with Crippen molar-refractivity contribution in [2.45, 2.75) is 12.2 Å². The van der Waals surface area contributed by atoms with E-state index in [-0.39, 0.29) is 29.8 Å². The van der Waals surface area contributed by atoms with Crippen molar-refractivity contribution in [3.8, 4) is 0 Å². The molecule has 1 aliphatic carbocycles. The molecule has 122 valence electrons. The maximum atomic E-state index is 12.4. The van der Waals surface area contributed by atoms with Gasteiger partial charge in [0, 0.05) is 11.8 Å². The van der Waals surface area contributed by atoms with E-state index in [0.29, 0.717) is 0 Å². The maximum absolute atomic E-state index is 12.4. The Bertz CT molecular complexity index is 864. The highest BCUT2D eigenvalue weighted by molar-refractivity contribution is 5.97. The van der Waals surface area contributed by atoms with Crippen molar-refractivity contribution in [2.24, 2.45) is 11.8 Å². The first-order valence-electron chi connectivity index (χ1n) is 8.73. The zero-order valence-corrected chi connectivity index (χ0v) is 13.7. The third kappa shape index (κ3) is 2.25. The molecule has 2 bridgehead atoms. The minimum absolute atomic E-state index is 0.0225. The molecule has 2 nitrogen and oxygen atoms in total. The third-order valence-electron chi connectivity index (χ3n) is 5.43. The van der Waals surface area contributed by atoms with Crippen LogP contribution >= 0.6 is 0 Å². The highest BCUT2D eigenvalue weighted by Gasteiger charge is 2.51. The van der Waals surface area contributed by atoms with Gasteiger partial charge < -0.3 is 4.74 Å². The first-order valence-corrected chi connectivity index (χ1v) is 8.73. The largest absolute Gasteiger partial charge is 0.361 e. The van der Waals surface area contributed by atoms with E-state index in [4.69, 9.17) is 4.74 Å². The van der Waals surface area contributed by atoms with Crippen LogP contribution in [0, 0.1) is 11.8 Å². The van der Waals surface area contributed by atoms with Crippen molar-refractivity contribution in [3.05, 3.63) is 102 Å². The summed E-state index contributed by atoms with van der Waals surface area (Å²) in [4.78, 5) is 12.4. The van der Waals surface area contributed by atoms with Crippen molar-refractivity contribution >= 4 is 11.4 Å². The molecule has 4 atom stereocenters. The molecule has 1 fully saturated rings. The topological polar surface area (TPSA) is 26.3 Å². The second-order valence-electron chi connectivity index (χ2n) is 6.81. The molecule has 2 unspecified atom stereocenters. The summed E-state index contributed by atoms with van der Waals surface area (Å²) in [7, 11) is 0. The van der Waals surface area contributed by atoms with E-state index in [1.165, 1.54) is 22.3 Å². The molecule has 5 rings (SSSR count). The van der Waals surface area contributed by atoms with Crippen molar-refractivity contribution in [1.29, 1.82) is 0 Å². The summed E-state index contributed by atoms with van der Waals surface area (Å²) in [6, 6.07) is 20.9. The van der Waals surface area contributed by atoms with Gasteiger partial charge in [0.15, 0.2) is 5.78 Å². The van der Waals surface area contributed by atoms with Crippen LogP contribution in [0.5, 0.6) is 0 Å². The monoisotopic (exact) mass is 326 g/mol. The van der Waals surface area contributed by atoms with E-state index in [1.54, 1.807) is 6.08 Å². The van der Waals surface area contributed by atoms with Gasteiger partial charge in [-0.05, 0) is 28.3 Å². The highest BCUT2D eigenvalue weighted by atomic mass is 16.5. The van der Waals surface area contributed by atoms with Crippen LogP contribution in [0.1, 0.15) is 11.1 Å². The van der Waals surface area contributed by atoms with Gasteiger partial charge in [0.05, 0.1) is 6.10 Å². The molecule has 2 heteroatoms. The maximum Gasteiger partial charge on any atom is 0.184 e. The molecule has 25 heavy (non-hydrogen) atoms. The summed E-state index contributed by atoms with van der Waals surface area (Å²) < 4.78 is 6.01. The number of carbonyl (C=O) groups is 1. The lowest BCUT2D eigenvalue weighted by atomic mass is 9.82. The van der Waals surface area contributed by atoms with E-state index in [0.717, 1.165) is 0 Å². The summed E-state index contributed by atoms with van der Waals surface area (Å²) in [5.41, 5.74) is 4.77. The van der Waals surface area contributed by atoms with Gasteiger partial charge in [-0.25, -0.2) is 0 Å². The molecule has 2 heterocycles. The van der Waals surface area contributed by atoms with Gasteiger partial charge in [-0.3, -0.25) is 4.79 Å². The van der Waals surface area contributed by atoms with Gasteiger partial charge in [-0.1, -0.05) is 78.9 Å². The number of benzene rings is 2. The predicted molar refractivity (Wildman–Crippen MR) is 97.8 cm³/mol. The predicted octanol–water partition coefficient (Wildman–Crippen LogP) is 4.20. The molecule has 0 N–H and O–H groups in total. The van der Waals surface area contributed by atoms with Crippen LogP contribution in [-0.2, 0) is 9.53 Å². The van der Waals surface area contributed by atoms with Gasteiger partial charge >= 0.3 is 0 Å². The van der Waals surface area contributed by atoms with E-state index < -0.39 is 0 Å². The Kier molecular flexibility index (Phi) is 3.32. The molecule has 3 aliphatic rings. The van der Waals surface area contributed by atoms with Gasteiger partial charge in [-0.15, -0.1) is 0 Å². The number of rotatable bonds is 2. The van der Waals surface area contributed by atoms with Crippen molar-refractivity contribution < 1.29 is 9.53 Å². The number of fused-ring (bicyclic) bond motifs is 5. The Labute approximate surface area is 147 Å². The molecule has 0 saturated carbocycles. The number of hydrogen-bond donors (Lipinski definition) is 0. The van der Waals surface area contributed by atoms with Crippen molar-refractivity contribution in [1.82, 2.24) is 0 Å². The van der Waals surface area contributed by atoms with Gasteiger partial charge in [0.1, 0.15) is 6.10 Å². The first-order chi connectivity index (χ1) is 12.3. The van der Waals surface area contributed by atoms with Crippen molar-refractivity contribution in [2.75, 3.05) is 0 Å².